The van der Waals surface area contributed by atoms with Crippen LogP contribution in [0.3, 0.4) is 0 Å². The number of carbonyl (C=O) groups excluding carboxylic acids is 3. The third-order valence-electron chi connectivity index (χ3n) is 6.40. The van der Waals surface area contributed by atoms with E-state index < -0.39 is 11.6 Å². The summed E-state index contributed by atoms with van der Waals surface area (Å²) in [6.07, 6.45) is 3.71. The molecule has 0 bridgehead atoms. The molecule has 1 aliphatic heterocycles. The molecule has 1 heterocycles. The summed E-state index contributed by atoms with van der Waals surface area (Å²) in [4.78, 5) is 40.2. The van der Waals surface area contributed by atoms with Crippen LogP contribution in [0.1, 0.15) is 51.5 Å². The summed E-state index contributed by atoms with van der Waals surface area (Å²) in [5.41, 5.74) is 6.34. The quantitative estimate of drug-likeness (QED) is 0.472. The molecule has 1 saturated carbocycles. The van der Waals surface area contributed by atoms with Gasteiger partial charge >= 0.3 is 0 Å². The number of rotatable bonds is 8. The van der Waals surface area contributed by atoms with Gasteiger partial charge in [0.15, 0.2) is 0 Å². The van der Waals surface area contributed by atoms with Crippen molar-refractivity contribution in [2.24, 2.45) is 5.73 Å². The molecule has 2 fully saturated rings. The number of nitrogens with two attached hydrogens (primary N) is 1. The van der Waals surface area contributed by atoms with Crippen molar-refractivity contribution >= 4 is 17.7 Å². The lowest BCUT2D eigenvalue weighted by Gasteiger charge is -2.36. The van der Waals surface area contributed by atoms with Crippen LogP contribution in [0.2, 0.25) is 0 Å². The summed E-state index contributed by atoms with van der Waals surface area (Å²) in [5, 5.41) is 9.13. The monoisotopic (exact) mass is 443 g/mol. The maximum Gasteiger partial charge on any atom is 0.242 e. The van der Waals surface area contributed by atoms with E-state index in [1.165, 1.54) is 0 Å². The lowest BCUT2D eigenvalue weighted by molar-refractivity contribution is -0.134. The minimum absolute atomic E-state index is 0.0287. The van der Waals surface area contributed by atoms with Crippen molar-refractivity contribution < 1.29 is 14.4 Å². The van der Waals surface area contributed by atoms with E-state index in [-0.39, 0.29) is 42.8 Å². The summed E-state index contributed by atoms with van der Waals surface area (Å²) in [6.45, 7) is 5.69. The minimum atomic E-state index is -0.902. The van der Waals surface area contributed by atoms with Gasteiger partial charge in [-0.05, 0) is 32.3 Å². The average Bonchev–Trinajstić information content (AvgIpc) is 3.21. The van der Waals surface area contributed by atoms with Gasteiger partial charge in [0.2, 0.25) is 17.7 Å². The molecule has 8 heteroatoms. The van der Waals surface area contributed by atoms with E-state index in [1.54, 1.807) is 0 Å². The van der Waals surface area contributed by atoms with Crippen LogP contribution in [0.15, 0.2) is 30.3 Å². The number of piperazine rings is 1. The highest BCUT2D eigenvalue weighted by atomic mass is 16.2. The minimum Gasteiger partial charge on any atom is -0.354 e. The molecule has 0 radical (unpaired) electrons. The molecule has 1 saturated heterocycles. The molecule has 3 atom stereocenters. The van der Waals surface area contributed by atoms with E-state index in [9.17, 15) is 14.4 Å². The van der Waals surface area contributed by atoms with E-state index in [0.29, 0.717) is 32.4 Å². The largest absolute Gasteiger partial charge is 0.354 e. The van der Waals surface area contributed by atoms with Gasteiger partial charge in [-0.1, -0.05) is 43.2 Å². The summed E-state index contributed by atoms with van der Waals surface area (Å²) in [7, 11) is 0. The molecule has 1 aliphatic carbocycles. The fraction of sp³-hybridized carbons (Fsp3) is 0.625. The first-order chi connectivity index (χ1) is 15.3. The molecule has 3 rings (SSSR count). The number of benzene rings is 1. The highest BCUT2D eigenvalue weighted by molar-refractivity contribution is 5.92. The molecule has 5 N–H and O–H groups in total. The van der Waals surface area contributed by atoms with Crippen LogP contribution < -0.4 is 21.7 Å². The Morgan fingerprint density at radius 1 is 1.12 bits per heavy atom. The Bertz CT molecular complexity index is 784. The van der Waals surface area contributed by atoms with Gasteiger partial charge in [-0.2, -0.15) is 0 Å². The zero-order valence-corrected chi connectivity index (χ0v) is 19.2. The summed E-state index contributed by atoms with van der Waals surface area (Å²) >= 11 is 0. The second kappa shape index (κ2) is 10.9. The zero-order chi connectivity index (χ0) is 23.1. The van der Waals surface area contributed by atoms with E-state index in [4.69, 9.17) is 5.73 Å². The Kier molecular flexibility index (Phi) is 8.26. The number of carbonyl (C=O) groups is 3. The molecule has 0 aromatic heterocycles. The maximum absolute atomic E-state index is 13.0. The second-order valence-electron chi connectivity index (χ2n) is 9.39. The molecule has 176 valence electrons. The molecule has 1 aromatic carbocycles. The second-order valence-corrected chi connectivity index (χ2v) is 9.39. The third kappa shape index (κ3) is 6.53. The number of nitrogens with one attached hydrogen (secondary N) is 3. The van der Waals surface area contributed by atoms with Gasteiger partial charge in [0.1, 0.15) is 6.04 Å². The first-order valence-electron chi connectivity index (χ1n) is 11.7. The van der Waals surface area contributed by atoms with Gasteiger partial charge < -0.3 is 26.6 Å². The first kappa shape index (κ1) is 24.2. The molecule has 3 amide bonds. The highest BCUT2D eigenvalue weighted by Crippen LogP contribution is 2.27. The predicted octanol–water partition coefficient (Wildman–Crippen LogP) is 0.701. The lowest BCUT2D eigenvalue weighted by Crippen LogP contribution is -2.58. The fourth-order valence-electron chi connectivity index (χ4n) is 4.70. The predicted molar refractivity (Wildman–Crippen MR) is 124 cm³/mol. The maximum atomic E-state index is 13.0. The van der Waals surface area contributed by atoms with Gasteiger partial charge in [-0.25, -0.2) is 0 Å². The lowest BCUT2D eigenvalue weighted by atomic mass is 9.96. The Hall–Kier alpha value is -2.45. The topological polar surface area (TPSA) is 117 Å². The van der Waals surface area contributed by atoms with E-state index in [2.05, 4.69) is 29.8 Å². The van der Waals surface area contributed by atoms with Crippen LogP contribution in [0.5, 0.6) is 0 Å². The van der Waals surface area contributed by atoms with E-state index in [1.807, 2.05) is 35.2 Å². The number of hydrogen-bond donors (Lipinski definition) is 4. The van der Waals surface area contributed by atoms with Crippen LogP contribution in [-0.4, -0.2) is 65.9 Å². The third-order valence-corrected chi connectivity index (χ3v) is 6.40. The van der Waals surface area contributed by atoms with Crippen LogP contribution in [0.25, 0.3) is 0 Å². The van der Waals surface area contributed by atoms with Gasteiger partial charge in [0.05, 0.1) is 5.54 Å². The molecule has 8 nitrogen and oxygen atoms in total. The molecule has 0 spiro atoms. The van der Waals surface area contributed by atoms with Crippen molar-refractivity contribution in [3.63, 3.8) is 0 Å². The molecule has 0 unspecified atom stereocenters. The molecule has 32 heavy (non-hydrogen) atoms. The normalized spacial score (nSPS) is 23.4. The molecule has 2 aliphatic rings. The fourth-order valence-corrected chi connectivity index (χ4v) is 4.70. The Labute approximate surface area is 190 Å². The number of amides is 3. The SMILES string of the molecule is C[C@@H]1CN(C(=O)CCNC(=O)[C@@H](Cc2ccccc2)NC(=O)C2(N)CCCC2)C[C@H](C)N1. The Morgan fingerprint density at radius 2 is 1.75 bits per heavy atom. The first-order valence-corrected chi connectivity index (χ1v) is 11.7. The van der Waals surface area contributed by atoms with Crippen molar-refractivity contribution in [1.82, 2.24) is 20.9 Å². The molecular formula is C24H37N5O3. The van der Waals surface area contributed by atoms with Crippen molar-refractivity contribution in [1.29, 1.82) is 0 Å². The van der Waals surface area contributed by atoms with Gasteiger partial charge in [-0.15, -0.1) is 0 Å². The van der Waals surface area contributed by atoms with Gasteiger partial charge in [0, 0.05) is 44.6 Å². The number of hydrogen-bond acceptors (Lipinski definition) is 5. The summed E-state index contributed by atoms with van der Waals surface area (Å²) in [6, 6.07) is 9.34. The average molecular weight is 444 g/mol. The Morgan fingerprint density at radius 3 is 2.38 bits per heavy atom. The van der Waals surface area contributed by atoms with E-state index in [0.717, 1.165) is 18.4 Å². The molecule has 1 aromatic rings. The summed E-state index contributed by atoms with van der Waals surface area (Å²) < 4.78 is 0. The van der Waals surface area contributed by atoms with Gasteiger partial charge in [0.25, 0.3) is 0 Å². The van der Waals surface area contributed by atoms with E-state index >= 15 is 0 Å². The highest BCUT2D eigenvalue weighted by Gasteiger charge is 2.38. The van der Waals surface area contributed by atoms with Crippen LogP contribution >= 0.6 is 0 Å². The molecular weight excluding hydrogens is 406 g/mol. The van der Waals surface area contributed by atoms with Crippen molar-refractivity contribution in [3.05, 3.63) is 35.9 Å². The smallest absolute Gasteiger partial charge is 0.242 e. The van der Waals surface area contributed by atoms with Gasteiger partial charge in [-0.3, -0.25) is 14.4 Å². The van der Waals surface area contributed by atoms with Crippen LogP contribution in [0, 0.1) is 0 Å². The van der Waals surface area contributed by atoms with Crippen LogP contribution in [-0.2, 0) is 20.8 Å². The van der Waals surface area contributed by atoms with Crippen molar-refractivity contribution in [2.45, 2.75) is 76.0 Å². The Balaban J connectivity index is 1.56. The van der Waals surface area contributed by atoms with Crippen LogP contribution in [0.4, 0.5) is 0 Å². The number of nitrogens with zero attached hydrogens (tertiary/aromatic N) is 1. The zero-order valence-electron chi connectivity index (χ0n) is 19.2. The standard InChI is InChI=1S/C24H37N5O3/c1-17-15-29(16-18(2)27-17)21(30)10-13-26-22(31)20(14-19-8-4-3-5-9-19)28-23(32)24(25)11-6-7-12-24/h3-5,8-9,17-18,20,27H,6-7,10-16,25H2,1-2H3,(H,26,31)(H,28,32)/t17-,18+,20-/m1/s1. The van der Waals surface area contributed by atoms with Crippen molar-refractivity contribution in [3.8, 4) is 0 Å². The summed E-state index contributed by atoms with van der Waals surface area (Å²) in [5.74, 6) is -0.536. The van der Waals surface area contributed by atoms with Crippen molar-refractivity contribution in [2.75, 3.05) is 19.6 Å².